The highest BCUT2D eigenvalue weighted by atomic mass is 19.3. The fraction of sp³-hybridized carbons (Fsp3) is 0.548. The average molecular weight is 849 g/mol. The fourth-order valence-electron chi connectivity index (χ4n) is 9.81. The summed E-state index contributed by atoms with van der Waals surface area (Å²) in [6.45, 7) is 2.95. The number of alkyl halides is 4. The van der Waals surface area contributed by atoms with Gasteiger partial charge in [0.25, 0.3) is 12.3 Å². The number of amides is 2. The number of rotatable bonds is 14. The van der Waals surface area contributed by atoms with Crippen molar-refractivity contribution in [2.45, 2.75) is 94.2 Å². The molecule has 1 aliphatic carbocycles. The van der Waals surface area contributed by atoms with Crippen molar-refractivity contribution < 1.29 is 41.2 Å². The topological polar surface area (TPSA) is 165 Å². The van der Waals surface area contributed by atoms with Crippen molar-refractivity contribution in [1.82, 2.24) is 39.8 Å². The van der Waals surface area contributed by atoms with Crippen LogP contribution in [0.2, 0.25) is 0 Å². The monoisotopic (exact) mass is 848 g/mol. The first-order valence-corrected chi connectivity index (χ1v) is 21.1. The standard InChI is InChI=1S/C42H48F4N10O5/c1-47-40(58)30(5-3-17-57)35-29-4-2-6-33(37(29)61-52-35)49-41(59)42(45,46)25-11-14-53(15-12-25)20-24-7-9-26(10-8-24)56-22-32(36(51-56)38(43)44)31-19-48-55-16-13-34(50-39(31)55)54-21-28-18-27(54)23-60-28/h2,4,6,13,16-17,19,22,24-28,30,38H,3,5,7-12,14-15,18,20-21,23H2,1H3,(H,47,58)(H,49,59). The minimum absolute atomic E-state index is 0.0124. The van der Waals surface area contributed by atoms with Crippen molar-refractivity contribution in [2.75, 3.05) is 50.1 Å². The molecule has 3 saturated heterocycles. The summed E-state index contributed by atoms with van der Waals surface area (Å²) in [5.41, 5.74) is 1.35. The van der Waals surface area contributed by atoms with E-state index < -0.39 is 30.1 Å². The lowest BCUT2D eigenvalue weighted by molar-refractivity contribution is -0.151. The zero-order chi connectivity index (χ0) is 42.4. The second kappa shape index (κ2) is 16.8. The third kappa shape index (κ3) is 7.85. The molecule has 2 N–H and O–H groups in total. The van der Waals surface area contributed by atoms with Gasteiger partial charge in [-0.3, -0.25) is 14.3 Å². The van der Waals surface area contributed by atoms with Crippen LogP contribution in [0.4, 0.5) is 29.1 Å². The van der Waals surface area contributed by atoms with Crippen LogP contribution in [-0.4, -0.2) is 110 Å². The number of morpholine rings is 1. The van der Waals surface area contributed by atoms with Crippen molar-refractivity contribution in [2.24, 2.45) is 11.8 Å². The number of ether oxygens (including phenoxy) is 1. The Morgan fingerprint density at radius 3 is 2.54 bits per heavy atom. The lowest BCUT2D eigenvalue weighted by Gasteiger charge is -2.38. The van der Waals surface area contributed by atoms with Gasteiger partial charge in [0, 0.05) is 55.8 Å². The van der Waals surface area contributed by atoms with Crippen LogP contribution >= 0.6 is 0 Å². The summed E-state index contributed by atoms with van der Waals surface area (Å²) in [7, 11) is 1.46. The van der Waals surface area contributed by atoms with Crippen molar-refractivity contribution >= 4 is 46.2 Å². The van der Waals surface area contributed by atoms with Gasteiger partial charge in [0.05, 0.1) is 48.2 Å². The number of aldehydes is 1. The second-order valence-corrected chi connectivity index (χ2v) is 16.8. The second-order valence-electron chi connectivity index (χ2n) is 16.8. The van der Waals surface area contributed by atoms with E-state index in [0.717, 1.165) is 51.0 Å². The van der Waals surface area contributed by atoms with E-state index in [1.807, 2.05) is 6.07 Å². The molecule has 15 nitrogen and oxygen atoms in total. The Bertz CT molecular complexity index is 2400. The van der Waals surface area contributed by atoms with Gasteiger partial charge in [-0.1, -0.05) is 11.2 Å². The number of benzene rings is 1. The first-order chi connectivity index (χ1) is 29.5. The molecule has 4 aliphatic rings. The van der Waals surface area contributed by atoms with Gasteiger partial charge in [0.1, 0.15) is 23.5 Å². The molecule has 2 amide bonds. The Morgan fingerprint density at radius 1 is 1.03 bits per heavy atom. The van der Waals surface area contributed by atoms with Crippen LogP contribution in [0.1, 0.15) is 87.6 Å². The predicted molar refractivity (Wildman–Crippen MR) is 215 cm³/mol. The molecule has 3 unspecified atom stereocenters. The summed E-state index contributed by atoms with van der Waals surface area (Å²) >= 11 is 0. The van der Waals surface area contributed by atoms with Crippen molar-refractivity contribution in [3.63, 3.8) is 0 Å². The number of carbonyl (C=O) groups excluding carboxylic acids is 3. The van der Waals surface area contributed by atoms with Crippen LogP contribution in [0.15, 0.2) is 47.4 Å². The number of hydrogen-bond donors (Lipinski definition) is 2. The Kier molecular flexibility index (Phi) is 11.3. The lowest BCUT2D eigenvalue weighted by Crippen LogP contribution is -2.47. The molecule has 5 aromatic rings. The molecular formula is C42H48F4N10O5. The van der Waals surface area contributed by atoms with Crippen LogP contribution in [-0.2, 0) is 19.1 Å². The van der Waals surface area contributed by atoms with Crippen LogP contribution in [0.25, 0.3) is 27.7 Å². The molecule has 1 aromatic carbocycles. The van der Waals surface area contributed by atoms with Crippen LogP contribution < -0.4 is 15.5 Å². The third-order valence-corrected chi connectivity index (χ3v) is 13.2. The van der Waals surface area contributed by atoms with Crippen LogP contribution in [0.3, 0.4) is 0 Å². The zero-order valence-corrected chi connectivity index (χ0v) is 33.7. The summed E-state index contributed by atoms with van der Waals surface area (Å²) in [6.07, 6.45) is 7.83. The van der Waals surface area contributed by atoms with E-state index in [1.54, 1.807) is 39.9 Å². The Morgan fingerprint density at radius 2 is 1.84 bits per heavy atom. The number of likely N-dealkylation sites (tertiary alicyclic amines) is 1. The minimum Gasteiger partial charge on any atom is -0.374 e. The van der Waals surface area contributed by atoms with Crippen molar-refractivity contribution in [1.29, 1.82) is 0 Å². The maximum Gasteiger partial charge on any atom is 0.327 e. The molecule has 1 saturated carbocycles. The number of fused-ring (bicyclic) bond motifs is 4. The van der Waals surface area contributed by atoms with Gasteiger partial charge in [-0.25, -0.2) is 18.3 Å². The number of nitrogens with one attached hydrogen (secondary N) is 2. The molecule has 0 spiro atoms. The van der Waals surface area contributed by atoms with Gasteiger partial charge >= 0.3 is 5.92 Å². The van der Waals surface area contributed by atoms with E-state index in [9.17, 15) is 23.2 Å². The van der Waals surface area contributed by atoms with E-state index in [4.69, 9.17) is 14.2 Å². The van der Waals surface area contributed by atoms with E-state index in [2.05, 4.69) is 35.8 Å². The van der Waals surface area contributed by atoms with Gasteiger partial charge in [0.2, 0.25) is 5.91 Å². The SMILES string of the molecule is CNC(=O)C(CCC=O)c1noc2c(NC(=O)C(F)(F)C3CCN(CC4CCC(n5cc(-c6cnn7ccc(N8CC9CC8CO9)nc67)c(C(F)F)n5)CC4)CC3)cccc12. The van der Waals surface area contributed by atoms with Crippen molar-refractivity contribution in [3.05, 3.63) is 54.2 Å². The molecule has 324 valence electrons. The maximum absolute atomic E-state index is 15.7. The molecule has 0 radical (unpaired) electrons. The average Bonchev–Trinajstić information content (AvgIpc) is 4.13. The first kappa shape index (κ1) is 40.9. The van der Waals surface area contributed by atoms with E-state index in [1.165, 1.54) is 13.1 Å². The summed E-state index contributed by atoms with van der Waals surface area (Å²) in [5.74, 6) is -6.36. The summed E-state index contributed by atoms with van der Waals surface area (Å²) in [6, 6.07) is 6.70. The molecular weight excluding hydrogens is 801 g/mol. The van der Waals surface area contributed by atoms with Gasteiger partial charge in [-0.2, -0.15) is 19.0 Å². The van der Waals surface area contributed by atoms with Gasteiger partial charge in [-0.05, 0) is 88.6 Å². The Balaban J connectivity index is 0.794. The lowest BCUT2D eigenvalue weighted by atomic mass is 9.84. The minimum atomic E-state index is -3.66. The van der Waals surface area contributed by atoms with E-state index in [0.29, 0.717) is 54.1 Å². The number of hydrogen-bond acceptors (Lipinski definition) is 11. The predicted octanol–water partition coefficient (Wildman–Crippen LogP) is 6.18. The van der Waals surface area contributed by atoms with E-state index in [-0.39, 0.29) is 72.4 Å². The fourth-order valence-corrected chi connectivity index (χ4v) is 9.81. The molecule has 19 heteroatoms. The molecule has 2 bridgehead atoms. The molecule has 9 rings (SSSR count). The zero-order valence-electron chi connectivity index (χ0n) is 33.7. The third-order valence-electron chi connectivity index (χ3n) is 13.2. The number of nitrogens with zero attached hydrogens (tertiary/aromatic N) is 8. The number of likely N-dealkylation sites (N-methyl/N-ethyl adjacent to an activating group) is 1. The normalized spacial score (nSPS) is 23.0. The number of halogens is 4. The number of para-hydroxylation sites is 1. The summed E-state index contributed by atoms with van der Waals surface area (Å²) in [4.78, 5) is 46.0. The van der Waals surface area contributed by atoms with Crippen LogP contribution in [0, 0.1) is 11.8 Å². The molecule has 61 heavy (non-hydrogen) atoms. The Hall–Kier alpha value is -5.43. The number of anilines is 2. The van der Waals surface area contributed by atoms with Crippen LogP contribution in [0.5, 0.6) is 0 Å². The molecule has 4 aromatic heterocycles. The van der Waals surface area contributed by atoms with Gasteiger partial charge in [-0.15, -0.1) is 0 Å². The highest BCUT2D eigenvalue weighted by molar-refractivity contribution is 6.03. The highest BCUT2D eigenvalue weighted by Crippen LogP contribution is 2.41. The number of aromatic nitrogens is 6. The largest absolute Gasteiger partial charge is 0.374 e. The molecule has 3 aliphatic heterocycles. The highest BCUT2D eigenvalue weighted by Gasteiger charge is 2.48. The number of piperidine rings is 1. The first-order valence-electron chi connectivity index (χ1n) is 21.1. The summed E-state index contributed by atoms with van der Waals surface area (Å²) < 4.78 is 74.9. The van der Waals surface area contributed by atoms with Gasteiger partial charge in [0.15, 0.2) is 11.2 Å². The van der Waals surface area contributed by atoms with E-state index >= 15 is 8.78 Å². The maximum atomic E-state index is 15.7. The number of carbonyl (C=O) groups is 3. The Labute approximate surface area is 348 Å². The molecule has 3 atom stereocenters. The molecule has 4 fully saturated rings. The summed E-state index contributed by atoms with van der Waals surface area (Å²) in [5, 5.41) is 18.1. The molecule has 7 heterocycles. The van der Waals surface area contributed by atoms with Crippen molar-refractivity contribution in [3.8, 4) is 11.1 Å². The van der Waals surface area contributed by atoms with Gasteiger partial charge < -0.3 is 34.5 Å². The smallest absolute Gasteiger partial charge is 0.327 e. The quantitative estimate of drug-likeness (QED) is 0.0970.